The van der Waals surface area contributed by atoms with E-state index in [4.69, 9.17) is 17.3 Å². The Hall–Kier alpha value is -1.81. The molecule has 3 nitrogen and oxygen atoms in total. The van der Waals surface area contributed by atoms with Crippen LogP contribution in [0.4, 0.5) is 21.7 Å². The van der Waals surface area contributed by atoms with Gasteiger partial charge in [-0.2, -0.15) is 0 Å². The van der Waals surface area contributed by atoms with Gasteiger partial charge in [-0.25, -0.2) is 9.37 Å². The zero-order valence-corrected chi connectivity index (χ0v) is 9.92. The standard InChI is InChI=1S/C12H11ClFN3/c1-7-5-10(8(13)6-9(7)14)16-12-4-2-3-11(15)17-12/h2-6H,1H3,(H3,15,16,17). The highest BCUT2D eigenvalue weighted by molar-refractivity contribution is 6.33. The van der Waals surface area contributed by atoms with Crippen LogP contribution in [0.25, 0.3) is 0 Å². The highest BCUT2D eigenvalue weighted by atomic mass is 35.5. The summed E-state index contributed by atoms with van der Waals surface area (Å²) < 4.78 is 13.2. The maximum atomic E-state index is 13.2. The lowest BCUT2D eigenvalue weighted by Gasteiger charge is -2.09. The molecule has 0 aliphatic rings. The third-order valence-corrected chi connectivity index (χ3v) is 2.59. The van der Waals surface area contributed by atoms with Crippen molar-refractivity contribution < 1.29 is 4.39 Å². The number of aryl methyl sites for hydroxylation is 1. The van der Waals surface area contributed by atoms with Gasteiger partial charge in [0.05, 0.1) is 10.7 Å². The zero-order chi connectivity index (χ0) is 12.4. The van der Waals surface area contributed by atoms with Crippen molar-refractivity contribution in [3.8, 4) is 0 Å². The first-order valence-electron chi connectivity index (χ1n) is 5.01. The Kier molecular flexibility index (Phi) is 3.15. The van der Waals surface area contributed by atoms with Crippen molar-refractivity contribution in [1.29, 1.82) is 0 Å². The quantitative estimate of drug-likeness (QED) is 0.859. The molecule has 0 saturated carbocycles. The molecule has 1 heterocycles. The molecule has 0 bridgehead atoms. The SMILES string of the molecule is Cc1cc(Nc2cccc(N)n2)c(Cl)cc1F. The van der Waals surface area contributed by atoms with Gasteiger partial charge in [-0.1, -0.05) is 17.7 Å². The first kappa shape index (κ1) is 11.7. The Balaban J connectivity index is 2.33. The highest BCUT2D eigenvalue weighted by Crippen LogP contribution is 2.27. The summed E-state index contributed by atoms with van der Waals surface area (Å²) in [4.78, 5) is 4.08. The molecule has 0 fully saturated rings. The predicted octanol–water partition coefficient (Wildman–Crippen LogP) is 3.51. The van der Waals surface area contributed by atoms with Crippen LogP contribution in [0.15, 0.2) is 30.3 Å². The van der Waals surface area contributed by atoms with Crippen LogP contribution in [-0.2, 0) is 0 Å². The van der Waals surface area contributed by atoms with E-state index < -0.39 is 0 Å². The van der Waals surface area contributed by atoms with Gasteiger partial charge in [0.15, 0.2) is 0 Å². The van der Waals surface area contributed by atoms with Crippen LogP contribution in [0.1, 0.15) is 5.56 Å². The number of nitrogen functional groups attached to an aromatic ring is 1. The lowest BCUT2D eigenvalue weighted by Crippen LogP contribution is -1.98. The Morgan fingerprint density at radius 3 is 2.82 bits per heavy atom. The summed E-state index contributed by atoms with van der Waals surface area (Å²) in [5.41, 5.74) is 6.68. The van der Waals surface area contributed by atoms with Crippen LogP contribution in [0.5, 0.6) is 0 Å². The van der Waals surface area contributed by atoms with Gasteiger partial charge < -0.3 is 11.1 Å². The van der Waals surface area contributed by atoms with Crippen LogP contribution in [0.3, 0.4) is 0 Å². The first-order chi connectivity index (χ1) is 8.06. The van der Waals surface area contributed by atoms with Crippen molar-refractivity contribution in [1.82, 2.24) is 4.98 Å². The molecule has 88 valence electrons. The van der Waals surface area contributed by atoms with Gasteiger partial charge in [-0.15, -0.1) is 0 Å². The number of halogens is 2. The molecule has 0 aliphatic heterocycles. The predicted molar refractivity (Wildman–Crippen MR) is 68.1 cm³/mol. The van der Waals surface area contributed by atoms with Crippen LogP contribution in [0, 0.1) is 12.7 Å². The summed E-state index contributed by atoms with van der Waals surface area (Å²) in [5, 5.41) is 3.29. The zero-order valence-electron chi connectivity index (χ0n) is 9.17. The summed E-state index contributed by atoms with van der Waals surface area (Å²) in [6.07, 6.45) is 0. The second-order valence-corrected chi connectivity index (χ2v) is 4.06. The number of hydrogen-bond donors (Lipinski definition) is 2. The molecule has 0 atom stereocenters. The van der Waals surface area contributed by atoms with E-state index in [2.05, 4.69) is 10.3 Å². The molecule has 0 unspecified atom stereocenters. The van der Waals surface area contributed by atoms with E-state index in [0.717, 1.165) is 0 Å². The van der Waals surface area contributed by atoms with E-state index in [1.807, 2.05) is 0 Å². The lowest BCUT2D eigenvalue weighted by atomic mass is 10.2. The average Bonchev–Trinajstić information content (AvgIpc) is 2.26. The van der Waals surface area contributed by atoms with Crippen molar-refractivity contribution in [3.05, 3.63) is 46.7 Å². The number of anilines is 3. The Morgan fingerprint density at radius 2 is 2.12 bits per heavy atom. The number of pyridine rings is 1. The first-order valence-corrected chi connectivity index (χ1v) is 5.39. The van der Waals surface area contributed by atoms with E-state index in [1.165, 1.54) is 6.07 Å². The van der Waals surface area contributed by atoms with Crippen molar-refractivity contribution in [2.24, 2.45) is 0 Å². The van der Waals surface area contributed by atoms with Gasteiger partial charge >= 0.3 is 0 Å². The summed E-state index contributed by atoms with van der Waals surface area (Å²) in [6, 6.07) is 8.11. The molecule has 1 aromatic heterocycles. The largest absolute Gasteiger partial charge is 0.384 e. The minimum Gasteiger partial charge on any atom is -0.384 e. The molecular formula is C12H11ClFN3. The number of nitrogens with zero attached hydrogens (tertiary/aromatic N) is 1. The van der Waals surface area contributed by atoms with Crippen LogP contribution < -0.4 is 11.1 Å². The summed E-state index contributed by atoms with van der Waals surface area (Å²) in [7, 11) is 0. The second kappa shape index (κ2) is 4.59. The number of nitrogens with two attached hydrogens (primary N) is 1. The van der Waals surface area contributed by atoms with E-state index in [9.17, 15) is 4.39 Å². The van der Waals surface area contributed by atoms with Gasteiger partial charge in [0, 0.05) is 0 Å². The maximum absolute atomic E-state index is 13.2. The van der Waals surface area contributed by atoms with Crippen LogP contribution in [-0.4, -0.2) is 4.98 Å². The molecule has 0 aliphatic carbocycles. The number of nitrogens with one attached hydrogen (secondary N) is 1. The average molecular weight is 252 g/mol. The van der Waals surface area contributed by atoms with Gasteiger partial charge in [0.1, 0.15) is 17.5 Å². The molecule has 0 radical (unpaired) electrons. The maximum Gasteiger partial charge on any atom is 0.132 e. The van der Waals surface area contributed by atoms with E-state index in [1.54, 1.807) is 31.2 Å². The Morgan fingerprint density at radius 1 is 1.35 bits per heavy atom. The molecule has 0 saturated heterocycles. The van der Waals surface area contributed by atoms with Gasteiger partial charge in [-0.3, -0.25) is 0 Å². The molecule has 2 aromatic rings. The number of hydrogen-bond acceptors (Lipinski definition) is 3. The van der Waals surface area contributed by atoms with E-state index in [-0.39, 0.29) is 5.82 Å². The minimum atomic E-state index is -0.332. The van der Waals surface area contributed by atoms with Crippen molar-refractivity contribution in [2.75, 3.05) is 11.1 Å². The number of benzene rings is 1. The minimum absolute atomic E-state index is 0.303. The molecule has 0 amide bonds. The fourth-order valence-corrected chi connectivity index (χ4v) is 1.61. The monoisotopic (exact) mass is 251 g/mol. The lowest BCUT2D eigenvalue weighted by molar-refractivity contribution is 0.619. The van der Waals surface area contributed by atoms with E-state index >= 15 is 0 Å². The number of rotatable bonds is 2. The normalized spacial score (nSPS) is 10.3. The van der Waals surface area contributed by atoms with Crippen molar-refractivity contribution >= 4 is 28.9 Å². The summed E-state index contributed by atoms with van der Waals surface area (Å²) >= 11 is 5.93. The van der Waals surface area contributed by atoms with Gasteiger partial charge in [0.25, 0.3) is 0 Å². The summed E-state index contributed by atoms with van der Waals surface area (Å²) in [5.74, 6) is 0.643. The molecule has 2 rings (SSSR count). The van der Waals surface area contributed by atoms with Crippen LogP contribution >= 0.6 is 11.6 Å². The molecule has 17 heavy (non-hydrogen) atoms. The topological polar surface area (TPSA) is 50.9 Å². The molecule has 0 spiro atoms. The Bertz CT molecular complexity index is 557. The Labute approximate surface area is 103 Å². The third-order valence-electron chi connectivity index (χ3n) is 2.28. The van der Waals surface area contributed by atoms with Crippen LogP contribution in [0.2, 0.25) is 5.02 Å². The van der Waals surface area contributed by atoms with Crippen molar-refractivity contribution in [2.45, 2.75) is 6.92 Å². The van der Waals surface area contributed by atoms with E-state index in [0.29, 0.717) is 27.9 Å². The molecule has 3 N–H and O–H groups in total. The van der Waals surface area contributed by atoms with Gasteiger partial charge in [-0.05, 0) is 36.8 Å². The van der Waals surface area contributed by atoms with Crippen molar-refractivity contribution in [3.63, 3.8) is 0 Å². The smallest absolute Gasteiger partial charge is 0.132 e. The fraction of sp³-hybridized carbons (Fsp3) is 0.0833. The number of aromatic nitrogens is 1. The molecule has 5 heteroatoms. The van der Waals surface area contributed by atoms with Gasteiger partial charge in [0.2, 0.25) is 0 Å². The second-order valence-electron chi connectivity index (χ2n) is 3.65. The third kappa shape index (κ3) is 2.65. The molecule has 1 aromatic carbocycles. The summed E-state index contributed by atoms with van der Waals surface area (Å²) in [6.45, 7) is 1.67. The fourth-order valence-electron chi connectivity index (χ4n) is 1.41. The molecular weight excluding hydrogens is 241 g/mol. The highest BCUT2D eigenvalue weighted by Gasteiger charge is 2.06.